The Bertz CT molecular complexity index is 1540. The molecule has 7 nitrogen and oxygen atoms in total. The molecule has 210 valence electrons. The smallest absolute Gasteiger partial charge is 0.335 e. The van der Waals surface area contributed by atoms with Crippen molar-refractivity contribution < 1.29 is 23.9 Å². The van der Waals surface area contributed by atoms with E-state index in [0.717, 1.165) is 65.1 Å². The van der Waals surface area contributed by atoms with E-state index in [9.17, 15) is 9.90 Å². The zero-order valence-corrected chi connectivity index (χ0v) is 24.6. The van der Waals surface area contributed by atoms with Crippen LogP contribution in [-0.2, 0) is 17.8 Å². The third kappa shape index (κ3) is 5.73. The number of hydrogen-bond acceptors (Lipinski definition) is 7. The second kappa shape index (κ2) is 11.3. The van der Waals surface area contributed by atoms with Gasteiger partial charge in [0.25, 0.3) is 0 Å². The molecule has 0 spiro atoms. The molecule has 2 aliphatic carbocycles. The molecule has 2 aromatic carbocycles. The first-order chi connectivity index (χ1) is 19.3. The number of fused-ring (bicyclic) bond motifs is 1. The maximum Gasteiger partial charge on any atom is 0.335 e. The van der Waals surface area contributed by atoms with E-state index in [1.165, 1.54) is 0 Å². The lowest BCUT2D eigenvalue weighted by Crippen LogP contribution is -2.10. The summed E-state index contributed by atoms with van der Waals surface area (Å²) in [5, 5.41) is 16.0. The van der Waals surface area contributed by atoms with Crippen LogP contribution in [0.3, 0.4) is 0 Å². The number of carboxylic acids is 1. The second-order valence-corrected chi connectivity index (χ2v) is 12.9. The van der Waals surface area contributed by atoms with Crippen LogP contribution in [-0.4, -0.2) is 33.4 Å². The van der Waals surface area contributed by atoms with Crippen LogP contribution in [0, 0.1) is 5.92 Å². The average molecular weight is 602 g/mol. The van der Waals surface area contributed by atoms with Crippen LogP contribution >= 0.6 is 34.5 Å². The molecule has 0 bridgehead atoms. The highest BCUT2D eigenvalue weighted by molar-refractivity contribution is 7.18. The van der Waals surface area contributed by atoms with Gasteiger partial charge in [0.2, 0.25) is 0 Å². The van der Waals surface area contributed by atoms with Gasteiger partial charge in [0.05, 0.1) is 44.1 Å². The van der Waals surface area contributed by atoms with Crippen molar-refractivity contribution in [3.05, 3.63) is 62.3 Å². The molecule has 2 aromatic heterocycles. The summed E-state index contributed by atoms with van der Waals surface area (Å²) in [6, 6.07) is 8.69. The minimum atomic E-state index is -0.973. The average Bonchev–Trinajstić information content (AvgIpc) is 3.30. The summed E-state index contributed by atoms with van der Waals surface area (Å²) in [6.45, 7) is 4.24. The van der Waals surface area contributed by atoms with E-state index in [1.807, 2.05) is 32.0 Å². The molecule has 0 unspecified atom stereocenters. The van der Waals surface area contributed by atoms with Crippen LogP contribution in [0.15, 0.2) is 34.9 Å². The van der Waals surface area contributed by atoms with Gasteiger partial charge in [-0.2, -0.15) is 0 Å². The van der Waals surface area contributed by atoms with Gasteiger partial charge in [0, 0.05) is 23.5 Å². The first-order valence-corrected chi connectivity index (χ1v) is 15.2. The normalized spacial score (nSPS) is 19.1. The van der Waals surface area contributed by atoms with Gasteiger partial charge >= 0.3 is 5.97 Å². The van der Waals surface area contributed by atoms with Crippen molar-refractivity contribution in [1.29, 1.82) is 0 Å². The minimum Gasteiger partial charge on any atom is -0.489 e. The highest BCUT2D eigenvalue weighted by Crippen LogP contribution is 2.46. The Labute approximate surface area is 246 Å². The van der Waals surface area contributed by atoms with Gasteiger partial charge in [0.1, 0.15) is 22.7 Å². The Kier molecular flexibility index (Phi) is 7.79. The zero-order valence-electron chi connectivity index (χ0n) is 22.3. The number of aromatic nitrogens is 2. The second-order valence-electron chi connectivity index (χ2n) is 11.0. The third-order valence-corrected chi connectivity index (χ3v) is 9.15. The van der Waals surface area contributed by atoms with Gasteiger partial charge < -0.3 is 19.1 Å². The van der Waals surface area contributed by atoms with E-state index in [2.05, 4.69) is 5.16 Å². The SMILES string of the molecule is CC(C)Oc1cc(C(=O)O)cc2sc(C[C@@H]3CC[C@H](OCc4c(-c5c(Cl)cccc5Cl)noc4C4CC4)C3)nc12. The Balaban J connectivity index is 1.15. The number of ether oxygens (including phenoxy) is 2. The quantitative estimate of drug-likeness (QED) is 0.195. The fraction of sp³-hybridized carbons (Fsp3) is 0.433. The number of nitrogens with zero attached hydrogens (tertiary/aromatic N) is 2. The molecule has 2 saturated carbocycles. The molecule has 0 aliphatic heterocycles. The van der Waals surface area contributed by atoms with Crippen LogP contribution in [0.1, 0.15) is 78.6 Å². The first kappa shape index (κ1) is 27.5. The van der Waals surface area contributed by atoms with Crippen molar-refractivity contribution >= 4 is 50.7 Å². The van der Waals surface area contributed by atoms with E-state index < -0.39 is 5.97 Å². The summed E-state index contributed by atoms with van der Waals surface area (Å²) in [7, 11) is 0. The number of carbonyl (C=O) groups is 1. The van der Waals surface area contributed by atoms with E-state index in [0.29, 0.717) is 45.5 Å². The molecule has 40 heavy (non-hydrogen) atoms. The van der Waals surface area contributed by atoms with E-state index >= 15 is 0 Å². The van der Waals surface area contributed by atoms with Crippen LogP contribution in [0.4, 0.5) is 0 Å². The van der Waals surface area contributed by atoms with Crippen molar-refractivity contribution in [2.75, 3.05) is 0 Å². The zero-order chi connectivity index (χ0) is 28.0. The van der Waals surface area contributed by atoms with Crippen molar-refractivity contribution in [1.82, 2.24) is 10.1 Å². The maximum absolute atomic E-state index is 11.6. The third-order valence-electron chi connectivity index (χ3n) is 7.50. The minimum absolute atomic E-state index is 0.0783. The number of thiazole rings is 1. The lowest BCUT2D eigenvalue weighted by Gasteiger charge is -2.13. The van der Waals surface area contributed by atoms with Gasteiger partial charge in [-0.15, -0.1) is 11.3 Å². The van der Waals surface area contributed by atoms with Crippen molar-refractivity contribution in [2.24, 2.45) is 5.92 Å². The molecule has 2 aliphatic rings. The Hall–Kier alpha value is -2.65. The Morgan fingerprint density at radius 3 is 2.65 bits per heavy atom. The topological polar surface area (TPSA) is 94.7 Å². The molecular weight excluding hydrogens is 571 g/mol. The van der Waals surface area contributed by atoms with Crippen molar-refractivity contribution in [2.45, 2.75) is 77.1 Å². The van der Waals surface area contributed by atoms with Crippen molar-refractivity contribution in [3.63, 3.8) is 0 Å². The number of benzene rings is 2. The molecule has 10 heteroatoms. The highest BCUT2D eigenvalue weighted by Gasteiger charge is 2.34. The Morgan fingerprint density at radius 2 is 1.95 bits per heavy atom. The van der Waals surface area contributed by atoms with Crippen LogP contribution in [0.5, 0.6) is 5.75 Å². The van der Waals surface area contributed by atoms with Crippen LogP contribution in [0.2, 0.25) is 10.0 Å². The largest absolute Gasteiger partial charge is 0.489 e. The Morgan fingerprint density at radius 1 is 1.18 bits per heavy atom. The van der Waals surface area contributed by atoms with Crippen LogP contribution in [0.25, 0.3) is 21.5 Å². The number of hydrogen-bond donors (Lipinski definition) is 1. The number of aromatic carboxylic acids is 1. The summed E-state index contributed by atoms with van der Waals surface area (Å²) in [5.41, 5.74) is 3.24. The summed E-state index contributed by atoms with van der Waals surface area (Å²) in [5.74, 6) is 1.24. The highest BCUT2D eigenvalue weighted by atomic mass is 35.5. The predicted molar refractivity (Wildman–Crippen MR) is 156 cm³/mol. The van der Waals surface area contributed by atoms with Gasteiger partial charge in [-0.3, -0.25) is 0 Å². The molecule has 1 N–H and O–H groups in total. The summed E-state index contributed by atoms with van der Waals surface area (Å²) >= 11 is 14.5. The van der Waals surface area contributed by atoms with Crippen LogP contribution < -0.4 is 4.74 Å². The summed E-state index contributed by atoms with van der Waals surface area (Å²) < 4.78 is 19.0. The maximum atomic E-state index is 11.6. The molecule has 2 atom stereocenters. The molecule has 0 amide bonds. The first-order valence-electron chi connectivity index (χ1n) is 13.6. The van der Waals surface area contributed by atoms with Gasteiger partial charge in [-0.05, 0) is 76.1 Å². The monoisotopic (exact) mass is 600 g/mol. The number of carboxylic acid groups (broad SMARTS) is 1. The standard InChI is InChI=1S/C30H30Cl2N2O5S/c1-15(2)38-23-12-18(30(35)36)13-24-28(23)33-25(40-24)11-16-6-9-19(10-16)37-14-20-27(34-39-29(20)17-7-8-17)26-21(31)4-3-5-22(26)32/h3-5,12-13,15-17,19H,6-11,14H2,1-2H3,(H,35,36)/t16-,19+/m1/s1. The molecule has 0 saturated heterocycles. The molecule has 2 fully saturated rings. The van der Waals surface area contributed by atoms with Gasteiger partial charge in [-0.1, -0.05) is 34.4 Å². The van der Waals surface area contributed by atoms with Crippen molar-refractivity contribution in [3.8, 4) is 17.0 Å². The van der Waals surface area contributed by atoms with Gasteiger partial charge in [0.15, 0.2) is 0 Å². The molecule has 6 rings (SSSR count). The predicted octanol–water partition coefficient (Wildman–Crippen LogP) is 8.55. The van der Waals surface area contributed by atoms with E-state index in [-0.39, 0.29) is 17.8 Å². The summed E-state index contributed by atoms with van der Waals surface area (Å²) in [6.07, 6.45) is 5.97. The molecular formula is C30H30Cl2N2O5S. The lowest BCUT2D eigenvalue weighted by molar-refractivity contribution is 0.0424. The van der Waals surface area contributed by atoms with E-state index in [4.69, 9.17) is 42.2 Å². The van der Waals surface area contributed by atoms with Gasteiger partial charge in [-0.25, -0.2) is 9.78 Å². The van der Waals surface area contributed by atoms with E-state index in [1.54, 1.807) is 23.5 Å². The fourth-order valence-electron chi connectivity index (χ4n) is 5.46. The lowest BCUT2D eigenvalue weighted by atomic mass is 10.0. The molecule has 4 aromatic rings. The fourth-order valence-corrected chi connectivity index (χ4v) is 7.18. The molecule has 2 heterocycles. The molecule has 0 radical (unpaired) electrons. The number of halogens is 2. The number of rotatable bonds is 10. The summed E-state index contributed by atoms with van der Waals surface area (Å²) in [4.78, 5) is 16.5.